The first-order valence-corrected chi connectivity index (χ1v) is 10.4. The van der Waals surface area contributed by atoms with Gasteiger partial charge < -0.3 is 5.32 Å². The van der Waals surface area contributed by atoms with E-state index in [-0.39, 0.29) is 0 Å². The summed E-state index contributed by atoms with van der Waals surface area (Å²) >= 11 is 11.5. The molecule has 0 bridgehead atoms. The Morgan fingerprint density at radius 1 is 1.10 bits per heavy atom. The lowest BCUT2D eigenvalue weighted by atomic mass is 10.0. The summed E-state index contributed by atoms with van der Waals surface area (Å²) < 4.78 is 1.06. The maximum absolute atomic E-state index is 6.18. The zero-order valence-electron chi connectivity index (χ0n) is 13.4. The lowest BCUT2D eigenvalue weighted by Crippen LogP contribution is -2.21. The fraction of sp³-hybridized carbons (Fsp3) is 0.765. The molecule has 0 aliphatic rings. The van der Waals surface area contributed by atoms with Crippen LogP contribution in [0.1, 0.15) is 82.6 Å². The van der Waals surface area contributed by atoms with Gasteiger partial charge in [0, 0.05) is 10.9 Å². The van der Waals surface area contributed by atoms with Gasteiger partial charge in [0.1, 0.15) is 0 Å². The van der Waals surface area contributed by atoms with Gasteiger partial charge in [-0.15, -0.1) is 11.3 Å². The first kappa shape index (κ1) is 19.5. The van der Waals surface area contributed by atoms with Crippen LogP contribution in [0.5, 0.6) is 0 Å². The molecule has 0 amide bonds. The lowest BCUT2D eigenvalue weighted by molar-refractivity contribution is 0.471. The summed E-state index contributed by atoms with van der Waals surface area (Å²) in [5.41, 5.74) is 0. The molecule has 0 aliphatic heterocycles. The monoisotopic (exact) mass is 393 g/mol. The van der Waals surface area contributed by atoms with Gasteiger partial charge >= 0.3 is 0 Å². The Bertz CT molecular complexity index is 361. The van der Waals surface area contributed by atoms with E-state index >= 15 is 0 Å². The fourth-order valence-electron chi connectivity index (χ4n) is 2.50. The van der Waals surface area contributed by atoms with Crippen LogP contribution in [0.2, 0.25) is 5.02 Å². The van der Waals surface area contributed by atoms with Gasteiger partial charge in [0.25, 0.3) is 0 Å². The maximum atomic E-state index is 6.18. The van der Waals surface area contributed by atoms with Crippen molar-refractivity contribution in [3.8, 4) is 0 Å². The molecular formula is C17H29BrClNS. The number of thiophene rings is 1. The van der Waals surface area contributed by atoms with Crippen LogP contribution < -0.4 is 5.32 Å². The molecule has 0 saturated carbocycles. The molecule has 122 valence electrons. The molecule has 4 heteroatoms. The quantitative estimate of drug-likeness (QED) is 0.365. The van der Waals surface area contributed by atoms with Crippen molar-refractivity contribution in [1.29, 1.82) is 0 Å². The van der Waals surface area contributed by atoms with E-state index in [2.05, 4.69) is 41.2 Å². The predicted octanol–water partition coefficient (Wildman–Crippen LogP) is 7.35. The number of hydrogen-bond acceptors (Lipinski definition) is 2. The van der Waals surface area contributed by atoms with Crippen LogP contribution in [-0.2, 0) is 0 Å². The van der Waals surface area contributed by atoms with Gasteiger partial charge in [0.05, 0.1) is 8.81 Å². The van der Waals surface area contributed by atoms with Gasteiger partial charge in [-0.3, -0.25) is 0 Å². The number of nitrogens with one attached hydrogen (secondary N) is 1. The number of rotatable bonds is 12. The molecule has 1 aromatic rings. The SMILES string of the molecule is CCCCCCCCCC(NCCC)c1cc(Cl)c(Br)s1. The van der Waals surface area contributed by atoms with Crippen LogP contribution >= 0.6 is 38.9 Å². The van der Waals surface area contributed by atoms with Crippen molar-refractivity contribution in [2.24, 2.45) is 0 Å². The number of halogens is 2. The molecule has 1 unspecified atom stereocenters. The van der Waals surface area contributed by atoms with Crippen molar-refractivity contribution in [3.63, 3.8) is 0 Å². The minimum atomic E-state index is 0.467. The van der Waals surface area contributed by atoms with E-state index < -0.39 is 0 Å². The summed E-state index contributed by atoms with van der Waals surface area (Å²) in [7, 11) is 0. The van der Waals surface area contributed by atoms with E-state index in [1.165, 1.54) is 62.7 Å². The molecule has 1 N–H and O–H groups in total. The third kappa shape index (κ3) is 8.01. The van der Waals surface area contributed by atoms with Gasteiger partial charge in [-0.2, -0.15) is 0 Å². The topological polar surface area (TPSA) is 12.0 Å². The molecular weight excluding hydrogens is 366 g/mol. The van der Waals surface area contributed by atoms with E-state index in [4.69, 9.17) is 11.6 Å². The van der Waals surface area contributed by atoms with E-state index in [1.807, 2.05) is 0 Å². The second-order valence-corrected chi connectivity index (χ2v) is 8.50. The Balaban J connectivity index is 2.33. The zero-order chi connectivity index (χ0) is 15.5. The average molecular weight is 395 g/mol. The van der Waals surface area contributed by atoms with Crippen LogP contribution in [0.3, 0.4) is 0 Å². The van der Waals surface area contributed by atoms with E-state index in [1.54, 1.807) is 11.3 Å². The minimum Gasteiger partial charge on any atom is -0.309 e. The molecule has 0 saturated heterocycles. The third-order valence-corrected chi connectivity index (χ3v) is 6.33. The molecule has 0 spiro atoms. The summed E-state index contributed by atoms with van der Waals surface area (Å²) in [5, 5.41) is 4.51. The molecule has 21 heavy (non-hydrogen) atoms. The van der Waals surface area contributed by atoms with E-state index in [0.29, 0.717) is 6.04 Å². The molecule has 1 heterocycles. The van der Waals surface area contributed by atoms with Crippen molar-refractivity contribution in [3.05, 3.63) is 19.8 Å². The highest BCUT2D eigenvalue weighted by Gasteiger charge is 2.15. The zero-order valence-corrected chi connectivity index (χ0v) is 16.5. The summed E-state index contributed by atoms with van der Waals surface area (Å²) in [6.45, 7) is 5.57. The van der Waals surface area contributed by atoms with E-state index in [0.717, 1.165) is 15.4 Å². The van der Waals surface area contributed by atoms with Gasteiger partial charge in [0.2, 0.25) is 0 Å². The molecule has 0 aromatic carbocycles. The van der Waals surface area contributed by atoms with Crippen LogP contribution in [0.4, 0.5) is 0 Å². The Morgan fingerprint density at radius 2 is 1.76 bits per heavy atom. The smallest absolute Gasteiger partial charge is 0.0887 e. The Morgan fingerprint density at radius 3 is 2.33 bits per heavy atom. The normalized spacial score (nSPS) is 12.8. The Hall–Kier alpha value is 0.430. The van der Waals surface area contributed by atoms with E-state index in [9.17, 15) is 0 Å². The van der Waals surface area contributed by atoms with Gasteiger partial charge in [0.15, 0.2) is 0 Å². The molecule has 1 rings (SSSR count). The molecule has 0 fully saturated rings. The highest BCUT2D eigenvalue weighted by Crippen LogP contribution is 2.36. The van der Waals surface area contributed by atoms with Crippen molar-refractivity contribution in [2.75, 3.05) is 6.54 Å². The molecule has 0 radical (unpaired) electrons. The van der Waals surface area contributed by atoms with Crippen molar-refractivity contribution >= 4 is 38.9 Å². The largest absolute Gasteiger partial charge is 0.309 e. The summed E-state index contributed by atoms with van der Waals surface area (Å²) in [5.74, 6) is 0. The third-order valence-electron chi connectivity index (χ3n) is 3.74. The summed E-state index contributed by atoms with van der Waals surface area (Å²) in [6.07, 6.45) is 12.0. The minimum absolute atomic E-state index is 0.467. The Kier molecular flexibility index (Phi) is 11.1. The highest BCUT2D eigenvalue weighted by molar-refractivity contribution is 9.11. The number of unbranched alkanes of at least 4 members (excludes halogenated alkanes) is 6. The molecule has 1 aromatic heterocycles. The highest BCUT2D eigenvalue weighted by atomic mass is 79.9. The van der Waals surface area contributed by atoms with Crippen LogP contribution in [0.15, 0.2) is 9.85 Å². The average Bonchev–Trinajstić information content (AvgIpc) is 2.80. The standard InChI is InChI=1S/C17H29BrClNS/c1-3-5-6-7-8-9-10-11-15(20-12-4-2)16-13-14(19)17(18)21-16/h13,15,20H,3-12H2,1-2H3. The maximum Gasteiger partial charge on any atom is 0.0887 e. The van der Waals surface area contributed by atoms with Gasteiger partial charge in [-0.25, -0.2) is 0 Å². The first-order chi connectivity index (χ1) is 10.2. The summed E-state index contributed by atoms with van der Waals surface area (Å²) in [6, 6.07) is 2.58. The molecule has 0 aliphatic carbocycles. The van der Waals surface area contributed by atoms with Crippen molar-refractivity contribution in [1.82, 2.24) is 5.32 Å². The second-order valence-electron chi connectivity index (χ2n) is 5.69. The van der Waals surface area contributed by atoms with Crippen LogP contribution in [0.25, 0.3) is 0 Å². The lowest BCUT2D eigenvalue weighted by Gasteiger charge is -2.17. The van der Waals surface area contributed by atoms with Gasteiger partial charge in [-0.05, 0) is 41.4 Å². The van der Waals surface area contributed by atoms with Crippen LogP contribution in [-0.4, -0.2) is 6.54 Å². The second kappa shape index (κ2) is 11.9. The van der Waals surface area contributed by atoms with Crippen molar-refractivity contribution < 1.29 is 0 Å². The Labute approximate surface area is 148 Å². The number of hydrogen-bond donors (Lipinski definition) is 1. The predicted molar refractivity (Wildman–Crippen MR) is 101 cm³/mol. The molecule has 1 atom stereocenters. The van der Waals surface area contributed by atoms with Crippen molar-refractivity contribution in [2.45, 2.75) is 77.7 Å². The summed E-state index contributed by atoms with van der Waals surface area (Å²) in [4.78, 5) is 1.37. The first-order valence-electron chi connectivity index (χ1n) is 8.37. The van der Waals surface area contributed by atoms with Gasteiger partial charge in [-0.1, -0.05) is 70.4 Å². The molecule has 1 nitrogen and oxygen atoms in total. The fourth-order valence-corrected chi connectivity index (χ4v) is 4.36. The van der Waals surface area contributed by atoms with Crippen LogP contribution in [0, 0.1) is 0 Å².